The Morgan fingerprint density at radius 2 is 1.64 bits per heavy atom. The molecule has 4 atom stereocenters. The van der Waals surface area contributed by atoms with Gasteiger partial charge >= 0.3 is 15.8 Å². The number of aryl methyl sites for hydroxylation is 1. The number of nitrogens with zero attached hydrogens (tertiary/aromatic N) is 1. The van der Waals surface area contributed by atoms with Gasteiger partial charge in [0.1, 0.15) is 12.2 Å². The van der Waals surface area contributed by atoms with Crippen molar-refractivity contribution < 1.29 is 26.2 Å². The van der Waals surface area contributed by atoms with Gasteiger partial charge < -0.3 is 19.3 Å². The van der Waals surface area contributed by atoms with Gasteiger partial charge in [0.05, 0.1) is 12.3 Å². The van der Waals surface area contributed by atoms with Crippen LogP contribution in [-0.2, 0) is 27.9 Å². The quantitative estimate of drug-likeness (QED) is 0.255. The number of hydrogen-bond donors (Lipinski definition) is 2. The lowest BCUT2D eigenvalue weighted by molar-refractivity contribution is -0.0563. The zero-order valence-electron chi connectivity index (χ0n) is 24.6. The molecule has 0 saturated carbocycles. The lowest BCUT2D eigenvalue weighted by Crippen LogP contribution is -2.59. The van der Waals surface area contributed by atoms with Crippen molar-refractivity contribution in [1.82, 2.24) is 9.55 Å². The van der Waals surface area contributed by atoms with Crippen LogP contribution in [0.2, 0.25) is 36.3 Å². The van der Waals surface area contributed by atoms with Crippen molar-refractivity contribution in [2.75, 3.05) is 6.61 Å². The summed E-state index contributed by atoms with van der Waals surface area (Å²) >= 11 is 1.66. The number of halogens is 1. The zero-order valence-corrected chi connectivity index (χ0v) is 29.6. The highest BCUT2D eigenvalue weighted by molar-refractivity contribution is 14.1. The predicted octanol–water partition coefficient (Wildman–Crippen LogP) is 3.82. The summed E-state index contributed by atoms with van der Waals surface area (Å²) in [7, 11) is -9.21. The highest BCUT2D eigenvalue weighted by Gasteiger charge is 2.68. The van der Waals surface area contributed by atoms with E-state index in [1.54, 1.807) is 29.5 Å². The van der Waals surface area contributed by atoms with Crippen molar-refractivity contribution in [3.63, 3.8) is 0 Å². The third-order valence-corrected chi connectivity index (χ3v) is 20.9. The third-order valence-electron chi connectivity index (χ3n) is 8.61. The molecule has 3 heterocycles. The molecular formula is C24H42IN3O8SSi2. The SMILES string of the molecule is Cc1cn([C@@H]2O[C@H](CO[Si](C)(C)C(C)(C)C)[C@@]3(OS(=O)(=O)C(I)=C3N)[C@H]2O[Si](C)(C)C(C)(C)C)c(=O)[nH]c1=O. The molecule has 0 radical (unpaired) electrons. The van der Waals surface area contributed by atoms with E-state index in [0.29, 0.717) is 0 Å². The Hall–Kier alpha value is -0.826. The number of nitrogens with one attached hydrogen (secondary N) is 1. The molecule has 0 bridgehead atoms. The van der Waals surface area contributed by atoms with Crippen LogP contribution in [0, 0.1) is 6.92 Å². The van der Waals surface area contributed by atoms with Crippen LogP contribution >= 0.6 is 22.6 Å². The van der Waals surface area contributed by atoms with Crippen molar-refractivity contribution in [3.05, 3.63) is 41.2 Å². The van der Waals surface area contributed by atoms with E-state index in [9.17, 15) is 18.0 Å². The van der Waals surface area contributed by atoms with Crippen LogP contribution in [0.15, 0.2) is 24.4 Å². The molecule has 1 spiro atoms. The van der Waals surface area contributed by atoms with E-state index in [1.807, 2.05) is 33.9 Å². The Morgan fingerprint density at radius 3 is 2.10 bits per heavy atom. The number of aromatic nitrogens is 2. The molecule has 222 valence electrons. The molecule has 3 rings (SSSR count). The van der Waals surface area contributed by atoms with E-state index in [0.717, 1.165) is 0 Å². The molecule has 15 heteroatoms. The molecule has 3 N–H and O–H groups in total. The molecule has 0 aromatic carbocycles. The van der Waals surface area contributed by atoms with Crippen molar-refractivity contribution in [1.29, 1.82) is 0 Å². The molecule has 11 nitrogen and oxygen atoms in total. The van der Waals surface area contributed by atoms with Crippen LogP contribution in [0.1, 0.15) is 53.3 Å². The lowest BCUT2D eigenvalue weighted by atomic mass is 9.89. The van der Waals surface area contributed by atoms with Crippen LogP contribution in [0.4, 0.5) is 0 Å². The first kappa shape index (κ1) is 32.7. The average molecular weight is 716 g/mol. The maximum absolute atomic E-state index is 13.1. The van der Waals surface area contributed by atoms with Gasteiger partial charge in [0.2, 0.25) is 0 Å². The Kier molecular flexibility index (Phi) is 8.52. The van der Waals surface area contributed by atoms with E-state index in [-0.39, 0.29) is 30.9 Å². The molecule has 39 heavy (non-hydrogen) atoms. The van der Waals surface area contributed by atoms with Gasteiger partial charge in [0, 0.05) is 11.8 Å². The summed E-state index contributed by atoms with van der Waals surface area (Å²) in [4.78, 5) is 27.5. The standard InChI is InChI=1S/C24H42IN3O8SSi2/c1-14-12-28(21(30)27-19(14)29)20-17(35-39(10,11)23(5,6)7)24(16(26)18(25)37(31,32)36-24)15(34-20)13-33-38(8,9)22(2,3)4/h12,15,17,20H,13,26H2,1-11H3,(H,27,29,30)/t15-,17+,20-,24+/m1/s1. The van der Waals surface area contributed by atoms with Gasteiger partial charge in [-0.3, -0.25) is 14.3 Å². The number of nitrogens with two attached hydrogens (primary N) is 1. The van der Waals surface area contributed by atoms with Crippen molar-refractivity contribution >= 4 is 49.3 Å². The molecule has 2 aliphatic rings. The third kappa shape index (κ3) is 5.66. The highest BCUT2D eigenvalue weighted by Crippen LogP contribution is 2.54. The van der Waals surface area contributed by atoms with Gasteiger partial charge in [0.15, 0.2) is 31.4 Å². The molecule has 1 aromatic rings. The first-order chi connectivity index (χ1) is 17.4. The van der Waals surface area contributed by atoms with Crippen LogP contribution in [0.5, 0.6) is 0 Å². The number of ether oxygens (including phenoxy) is 1. The van der Waals surface area contributed by atoms with Crippen molar-refractivity contribution in [2.45, 2.75) is 109 Å². The van der Waals surface area contributed by atoms with Gasteiger partial charge in [0.25, 0.3) is 5.56 Å². The second kappa shape index (κ2) is 10.2. The minimum atomic E-state index is -4.23. The van der Waals surface area contributed by atoms with Crippen LogP contribution in [-0.4, -0.2) is 59.0 Å². The van der Waals surface area contributed by atoms with Gasteiger partial charge in [-0.2, -0.15) is 8.42 Å². The van der Waals surface area contributed by atoms with E-state index < -0.39 is 62.0 Å². The number of H-pyrrole nitrogens is 1. The number of hydrogen-bond acceptors (Lipinski definition) is 9. The minimum absolute atomic E-state index is 0.0401. The maximum Gasteiger partial charge on any atom is 0.330 e. The zero-order chi connectivity index (χ0) is 30.1. The highest BCUT2D eigenvalue weighted by atomic mass is 127. The van der Waals surface area contributed by atoms with Gasteiger partial charge in [-0.25, -0.2) is 8.98 Å². The summed E-state index contributed by atoms with van der Waals surface area (Å²) in [5.41, 5.74) is 3.78. The number of aromatic amines is 1. The molecule has 0 unspecified atom stereocenters. The fraction of sp³-hybridized carbons (Fsp3) is 0.750. The van der Waals surface area contributed by atoms with Crippen molar-refractivity contribution in [2.24, 2.45) is 5.73 Å². The summed E-state index contributed by atoms with van der Waals surface area (Å²) < 4.78 is 53.0. The second-order valence-electron chi connectivity index (χ2n) is 13.4. The van der Waals surface area contributed by atoms with Gasteiger partial charge in [-0.05, 0) is 65.8 Å². The molecule has 2 aliphatic heterocycles. The summed E-state index contributed by atoms with van der Waals surface area (Å²) in [5.74, 6) is 0. The Labute approximate surface area is 246 Å². The normalized spacial score (nSPS) is 28.1. The number of rotatable bonds is 6. The fourth-order valence-electron chi connectivity index (χ4n) is 4.00. The van der Waals surface area contributed by atoms with E-state index >= 15 is 0 Å². The van der Waals surface area contributed by atoms with E-state index in [1.165, 1.54) is 10.8 Å². The molecular weight excluding hydrogens is 673 g/mol. The summed E-state index contributed by atoms with van der Waals surface area (Å²) in [6.45, 7) is 22.1. The van der Waals surface area contributed by atoms with E-state index in [2.05, 4.69) is 38.8 Å². The Morgan fingerprint density at radius 1 is 1.10 bits per heavy atom. The Balaban J connectivity index is 2.29. The molecule has 1 aromatic heterocycles. The first-order valence-corrected chi connectivity index (χ1v) is 21.1. The van der Waals surface area contributed by atoms with Crippen LogP contribution in [0.25, 0.3) is 0 Å². The lowest BCUT2D eigenvalue weighted by Gasteiger charge is -2.43. The van der Waals surface area contributed by atoms with Gasteiger partial charge in [-0.1, -0.05) is 41.5 Å². The predicted molar refractivity (Wildman–Crippen MR) is 163 cm³/mol. The first-order valence-electron chi connectivity index (χ1n) is 12.8. The summed E-state index contributed by atoms with van der Waals surface area (Å²) in [6.07, 6.45) is -1.96. The maximum atomic E-state index is 13.1. The Bertz CT molecular complexity index is 1390. The molecule has 1 fully saturated rings. The van der Waals surface area contributed by atoms with Crippen molar-refractivity contribution in [3.8, 4) is 0 Å². The smallest absolute Gasteiger partial charge is 0.330 e. The molecule has 0 amide bonds. The fourth-order valence-corrected chi connectivity index (χ4v) is 8.13. The second-order valence-corrected chi connectivity index (χ2v) is 26.2. The minimum Gasteiger partial charge on any atom is -0.414 e. The molecule has 0 aliphatic carbocycles. The van der Waals surface area contributed by atoms with Gasteiger partial charge in [-0.15, -0.1) is 0 Å². The monoisotopic (exact) mass is 715 g/mol. The topological polar surface area (TPSA) is 152 Å². The average Bonchev–Trinajstić information content (AvgIpc) is 3.14. The van der Waals surface area contributed by atoms with Crippen LogP contribution in [0.3, 0.4) is 0 Å². The molecule has 1 saturated heterocycles. The largest absolute Gasteiger partial charge is 0.414 e. The van der Waals surface area contributed by atoms with Crippen LogP contribution < -0.4 is 17.0 Å². The summed E-state index contributed by atoms with van der Waals surface area (Å²) in [5, 5.41) is -0.427. The summed E-state index contributed by atoms with van der Waals surface area (Å²) in [6, 6.07) is 0. The van der Waals surface area contributed by atoms with E-state index in [4.69, 9.17) is 23.5 Å².